The highest BCUT2D eigenvalue weighted by Gasteiger charge is 2.35. The molecule has 6 rings (SSSR count). The smallest absolute Gasteiger partial charge is 0.322 e. The summed E-state index contributed by atoms with van der Waals surface area (Å²) >= 11 is 8.10. The number of anilines is 3. The number of nitrogens with two attached hydrogens (primary N) is 1. The number of carbonyl (C=O) groups excluding carboxylic acids is 3. The minimum Gasteiger partial charge on any atom is -0.397 e. The molecule has 2 fully saturated rings. The number of amides is 5. The Morgan fingerprint density at radius 1 is 1.09 bits per heavy atom. The molecule has 0 aliphatic carbocycles. The van der Waals surface area contributed by atoms with Gasteiger partial charge in [-0.05, 0) is 60.0 Å². The van der Waals surface area contributed by atoms with Gasteiger partial charge in [0, 0.05) is 74.7 Å². The minimum absolute atomic E-state index is 0.0443. The predicted octanol–water partition coefficient (Wildman–Crippen LogP) is 4.42. The number of rotatable bonds is 7. The molecule has 4 N–H and O–H groups in total. The van der Waals surface area contributed by atoms with Crippen molar-refractivity contribution < 1.29 is 14.4 Å². The number of nitrogen functional groups attached to an aromatic ring is 1. The molecule has 1 aromatic carbocycles. The Hall–Kier alpha value is -4.03. The number of likely N-dealkylation sites (tertiary alicyclic amines) is 1. The molecule has 3 aromatic rings. The lowest BCUT2D eigenvalue weighted by Crippen LogP contribution is -2.58. The molecule has 1 atom stereocenters. The van der Waals surface area contributed by atoms with E-state index in [1.54, 1.807) is 34.7 Å². The SMILES string of the molecule is CCc1cc(C[C@@H](NC(=O)N2CCC(N3Cc4sccc4NC3=O)CC2)C(=O)N2CCN(c3ccncc3)CC2)cc(Cl)c1N. The third kappa shape index (κ3) is 6.81. The number of piperidine rings is 1. The molecule has 3 aliphatic heterocycles. The maximum Gasteiger partial charge on any atom is 0.322 e. The highest BCUT2D eigenvalue weighted by atomic mass is 35.5. The summed E-state index contributed by atoms with van der Waals surface area (Å²) in [5.74, 6) is -0.115. The Morgan fingerprint density at radius 2 is 1.82 bits per heavy atom. The second-order valence-electron chi connectivity index (χ2n) is 11.8. The topological polar surface area (TPSA) is 127 Å². The van der Waals surface area contributed by atoms with Gasteiger partial charge in [0.1, 0.15) is 6.04 Å². The molecule has 3 aliphatic rings. The third-order valence-corrected chi connectivity index (χ3v) is 10.3. The van der Waals surface area contributed by atoms with E-state index in [9.17, 15) is 14.4 Å². The fraction of sp³-hybridized carbons (Fsp3) is 0.438. The zero-order valence-electron chi connectivity index (χ0n) is 25.4. The number of carbonyl (C=O) groups is 3. The molecule has 11 nitrogen and oxygen atoms in total. The van der Waals surface area contributed by atoms with Gasteiger partial charge in [-0.3, -0.25) is 9.78 Å². The van der Waals surface area contributed by atoms with Crippen molar-refractivity contribution >= 4 is 58.0 Å². The zero-order valence-corrected chi connectivity index (χ0v) is 26.9. The normalized spacial score (nSPS) is 18.0. The number of aryl methyl sites for hydroxylation is 1. The standard InChI is InChI=1S/C32H39ClN8O3S/c1-2-22-17-21(18-25(33)29(22)34)19-27(30(42)39-14-12-38(13-15-39)23-3-8-35-9-4-23)37-31(43)40-10-5-24(6-11-40)41-20-28-26(7-16-45-28)36-32(41)44/h3-4,7-9,16-18,24,27H,2,5-6,10-15,19-20,34H2,1H3,(H,36,44)(H,37,43)/t27-/m1/s1. The average Bonchev–Trinajstić information content (AvgIpc) is 3.53. The van der Waals surface area contributed by atoms with Gasteiger partial charge in [-0.25, -0.2) is 9.59 Å². The Kier molecular flexibility index (Phi) is 9.32. The van der Waals surface area contributed by atoms with Gasteiger partial charge in [-0.15, -0.1) is 11.3 Å². The predicted molar refractivity (Wildman–Crippen MR) is 178 cm³/mol. The van der Waals surface area contributed by atoms with Crippen LogP contribution in [0, 0.1) is 0 Å². The van der Waals surface area contributed by atoms with Gasteiger partial charge in [0.2, 0.25) is 5.91 Å². The first-order valence-electron chi connectivity index (χ1n) is 15.5. The van der Waals surface area contributed by atoms with Crippen LogP contribution in [0.1, 0.15) is 35.8 Å². The number of benzene rings is 1. The molecule has 5 amide bonds. The van der Waals surface area contributed by atoms with E-state index < -0.39 is 6.04 Å². The lowest BCUT2D eigenvalue weighted by Gasteiger charge is -2.40. The summed E-state index contributed by atoms with van der Waals surface area (Å²) in [7, 11) is 0. The van der Waals surface area contributed by atoms with E-state index in [0.29, 0.717) is 82.2 Å². The second kappa shape index (κ2) is 13.5. The largest absolute Gasteiger partial charge is 0.397 e. The number of hydrogen-bond donors (Lipinski definition) is 3. The van der Waals surface area contributed by atoms with Crippen molar-refractivity contribution in [2.75, 3.05) is 55.2 Å². The van der Waals surface area contributed by atoms with Gasteiger partial charge in [0.25, 0.3) is 0 Å². The number of piperazine rings is 1. The summed E-state index contributed by atoms with van der Waals surface area (Å²) < 4.78 is 0. The van der Waals surface area contributed by atoms with Gasteiger partial charge >= 0.3 is 12.1 Å². The number of fused-ring (bicyclic) bond motifs is 1. The number of halogens is 1. The van der Waals surface area contributed by atoms with Crippen molar-refractivity contribution in [2.24, 2.45) is 0 Å². The lowest BCUT2D eigenvalue weighted by molar-refractivity contribution is -0.133. The summed E-state index contributed by atoms with van der Waals surface area (Å²) in [6.45, 7) is 6.06. The summed E-state index contributed by atoms with van der Waals surface area (Å²) in [4.78, 5) is 53.4. The minimum atomic E-state index is -0.766. The number of aromatic nitrogens is 1. The molecular weight excluding hydrogens is 612 g/mol. The molecule has 238 valence electrons. The number of nitrogens with one attached hydrogen (secondary N) is 2. The van der Waals surface area contributed by atoms with Gasteiger partial charge in [0.15, 0.2) is 0 Å². The summed E-state index contributed by atoms with van der Waals surface area (Å²) in [6.07, 6.45) is 5.89. The van der Waals surface area contributed by atoms with Gasteiger partial charge in [0.05, 0.1) is 22.9 Å². The summed E-state index contributed by atoms with van der Waals surface area (Å²) in [6, 6.07) is 8.55. The fourth-order valence-corrected chi connectivity index (χ4v) is 7.54. The summed E-state index contributed by atoms with van der Waals surface area (Å²) in [5, 5.41) is 8.49. The molecule has 45 heavy (non-hydrogen) atoms. The molecule has 5 heterocycles. The molecule has 2 saturated heterocycles. The number of urea groups is 2. The van der Waals surface area contributed by atoms with Crippen molar-refractivity contribution in [3.63, 3.8) is 0 Å². The van der Waals surface area contributed by atoms with Gasteiger partial charge in [-0.2, -0.15) is 0 Å². The number of hydrogen-bond acceptors (Lipinski definition) is 7. The van der Waals surface area contributed by atoms with Crippen LogP contribution in [0.2, 0.25) is 5.02 Å². The van der Waals surface area contributed by atoms with Crippen LogP contribution < -0.4 is 21.3 Å². The van der Waals surface area contributed by atoms with E-state index in [-0.39, 0.29) is 24.0 Å². The number of thiophene rings is 1. The maximum atomic E-state index is 14.0. The van der Waals surface area contributed by atoms with E-state index in [1.165, 1.54) is 0 Å². The molecule has 0 radical (unpaired) electrons. The van der Waals surface area contributed by atoms with Crippen LogP contribution in [0.5, 0.6) is 0 Å². The monoisotopic (exact) mass is 650 g/mol. The first kappa shape index (κ1) is 31.0. The third-order valence-electron chi connectivity index (χ3n) is 9.07. The Morgan fingerprint density at radius 3 is 2.53 bits per heavy atom. The van der Waals surface area contributed by atoms with E-state index in [0.717, 1.165) is 27.4 Å². The van der Waals surface area contributed by atoms with E-state index >= 15 is 0 Å². The van der Waals surface area contributed by atoms with Crippen molar-refractivity contribution in [3.8, 4) is 0 Å². The summed E-state index contributed by atoms with van der Waals surface area (Å²) in [5.41, 5.74) is 10.5. The molecule has 13 heteroatoms. The lowest BCUT2D eigenvalue weighted by atomic mass is 9.99. The Bertz CT molecular complexity index is 1540. The first-order valence-corrected chi connectivity index (χ1v) is 16.8. The van der Waals surface area contributed by atoms with Crippen molar-refractivity contribution in [1.82, 2.24) is 25.0 Å². The average molecular weight is 651 g/mol. The van der Waals surface area contributed by atoms with Crippen molar-refractivity contribution in [3.05, 3.63) is 69.1 Å². The molecule has 0 bridgehead atoms. The first-order chi connectivity index (χ1) is 21.8. The van der Waals surface area contributed by atoms with Gasteiger partial charge < -0.3 is 36.0 Å². The highest BCUT2D eigenvalue weighted by molar-refractivity contribution is 7.10. The highest BCUT2D eigenvalue weighted by Crippen LogP contribution is 2.31. The van der Waals surface area contributed by atoms with E-state index in [2.05, 4.69) is 20.5 Å². The molecular formula is C32H39ClN8O3S. The van der Waals surface area contributed by atoms with E-state index in [4.69, 9.17) is 17.3 Å². The number of pyridine rings is 1. The molecule has 2 aromatic heterocycles. The van der Waals surface area contributed by atoms with Gasteiger partial charge in [-0.1, -0.05) is 24.6 Å². The quantitative estimate of drug-likeness (QED) is 0.325. The van der Waals surface area contributed by atoms with Crippen molar-refractivity contribution in [2.45, 2.75) is 51.2 Å². The Balaban J connectivity index is 1.12. The maximum absolute atomic E-state index is 14.0. The molecule has 0 saturated carbocycles. The fourth-order valence-electron chi connectivity index (χ4n) is 6.45. The van der Waals surface area contributed by atoms with Crippen LogP contribution in [-0.4, -0.2) is 89.0 Å². The van der Waals surface area contributed by atoms with Crippen LogP contribution in [-0.2, 0) is 24.2 Å². The zero-order chi connectivity index (χ0) is 31.5. The molecule has 0 spiro atoms. The van der Waals surface area contributed by atoms with Crippen LogP contribution in [0.15, 0.2) is 48.1 Å². The molecule has 0 unspecified atom stereocenters. The van der Waals surface area contributed by atoms with Crippen LogP contribution in [0.25, 0.3) is 0 Å². The Labute approximate surface area is 272 Å². The van der Waals surface area contributed by atoms with Crippen LogP contribution in [0.4, 0.5) is 26.7 Å². The van der Waals surface area contributed by atoms with Crippen molar-refractivity contribution in [1.29, 1.82) is 0 Å². The number of nitrogens with zero attached hydrogens (tertiary/aromatic N) is 5. The van der Waals surface area contributed by atoms with Crippen LogP contribution >= 0.6 is 22.9 Å². The van der Waals surface area contributed by atoms with E-state index in [1.807, 2.05) is 46.4 Å². The van der Waals surface area contributed by atoms with Crippen LogP contribution in [0.3, 0.4) is 0 Å². The second-order valence-corrected chi connectivity index (χ2v) is 13.2.